The topological polar surface area (TPSA) is 138 Å². The molecular formula is C43H74NO8P. The second-order valence-corrected chi connectivity index (χ2v) is 14.5. The summed E-state index contributed by atoms with van der Waals surface area (Å²) >= 11 is 0. The maximum atomic E-state index is 12.5. The molecule has 0 heterocycles. The maximum Gasteiger partial charge on any atom is 0.472 e. The van der Waals surface area contributed by atoms with Crippen LogP contribution in [-0.2, 0) is 27.9 Å². The van der Waals surface area contributed by atoms with Crippen LogP contribution in [0.1, 0.15) is 142 Å². The number of allylic oxidation sites excluding steroid dienone is 11. The molecule has 3 unspecified atom stereocenters. The van der Waals surface area contributed by atoms with Crippen molar-refractivity contribution in [2.75, 3.05) is 26.4 Å². The van der Waals surface area contributed by atoms with Crippen molar-refractivity contribution in [3.8, 4) is 0 Å². The highest BCUT2D eigenvalue weighted by Gasteiger charge is 2.25. The molecule has 0 aliphatic heterocycles. The van der Waals surface area contributed by atoms with E-state index in [0.29, 0.717) is 19.3 Å². The zero-order valence-electron chi connectivity index (χ0n) is 33.1. The second kappa shape index (κ2) is 39.2. The van der Waals surface area contributed by atoms with E-state index >= 15 is 0 Å². The van der Waals surface area contributed by atoms with E-state index in [1.165, 1.54) is 70.6 Å². The summed E-state index contributed by atoms with van der Waals surface area (Å²) in [5, 5.41) is 10.1. The van der Waals surface area contributed by atoms with Gasteiger partial charge in [0.15, 0.2) is 6.10 Å². The molecule has 0 fully saturated rings. The number of aliphatic hydroxyl groups is 1. The number of hydrogen-bond acceptors (Lipinski definition) is 8. The van der Waals surface area contributed by atoms with Gasteiger partial charge in [-0.3, -0.25) is 13.8 Å². The molecule has 0 aliphatic rings. The van der Waals surface area contributed by atoms with Gasteiger partial charge in [-0.2, -0.15) is 0 Å². The van der Waals surface area contributed by atoms with Gasteiger partial charge in [0, 0.05) is 13.0 Å². The molecule has 0 bridgehead atoms. The molecule has 0 saturated carbocycles. The van der Waals surface area contributed by atoms with Crippen molar-refractivity contribution < 1.29 is 37.9 Å². The third kappa shape index (κ3) is 39.0. The minimum absolute atomic E-state index is 0.0237. The summed E-state index contributed by atoms with van der Waals surface area (Å²) < 4.78 is 33.0. The van der Waals surface area contributed by atoms with Gasteiger partial charge in [-0.05, 0) is 57.4 Å². The molecule has 0 aromatic heterocycles. The SMILES string of the molecule is CC/C=C\C/C=C\C/C=C\C=C\C(O)C/C=C\C/C=C\CCC(=O)OC(CO/C=C\CCCCCCCCCCCCCC)COP(=O)(O)OCCN. The Balaban J connectivity index is 4.36. The van der Waals surface area contributed by atoms with E-state index < -0.39 is 26.0 Å². The smallest absolute Gasteiger partial charge is 0.472 e. The molecule has 9 nitrogen and oxygen atoms in total. The lowest BCUT2D eigenvalue weighted by atomic mass is 10.0. The van der Waals surface area contributed by atoms with Crippen molar-refractivity contribution in [2.24, 2.45) is 5.73 Å². The number of hydrogen-bond donors (Lipinski definition) is 3. The molecule has 4 N–H and O–H groups in total. The van der Waals surface area contributed by atoms with Crippen molar-refractivity contribution >= 4 is 13.8 Å². The quantitative estimate of drug-likeness (QED) is 0.0141. The minimum atomic E-state index is -4.33. The zero-order chi connectivity index (χ0) is 38.9. The molecule has 0 amide bonds. The number of esters is 1. The van der Waals surface area contributed by atoms with Crippen LogP contribution in [0.15, 0.2) is 85.3 Å². The average molecular weight is 764 g/mol. The Morgan fingerprint density at radius 2 is 1.30 bits per heavy atom. The van der Waals surface area contributed by atoms with E-state index in [4.69, 9.17) is 24.3 Å². The van der Waals surface area contributed by atoms with Crippen LogP contribution >= 0.6 is 7.82 Å². The predicted molar refractivity (Wildman–Crippen MR) is 220 cm³/mol. The third-order valence-corrected chi connectivity index (χ3v) is 8.97. The maximum absolute atomic E-state index is 12.5. The van der Waals surface area contributed by atoms with Gasteiger partial charge in [0.05, 0.1) is 25.6 Å². The lowest BCUT2D eigenvalue weighted by molar-refractivity contribution is -0.153. The lowest BCUT2D eigenvalue weighted by Gasteiger charge is -2.19. The molecule has 0 rings (SSSR count). The summed E-state index contributed by atoms with van der Waals surface area (Å²) in [5.41, 5.74) is 5.34. The number of aliphatic hydroxyl groups excluding tert-OH is 1. The first-order chi connectivity index (χ1) is 25.8. The summed E-state index contributed by atoms with van der Waals surface area (Å²) in [7, 11) is -4.33. The molecule has 304 valence electrons. The summed E-state index contributed by atoms with van der Waals surface area (Å²) in [6.45, 7) is 3.92. The highest BCUT2D eigenvalue weighted by atomic mass is 31.2. The van der Waals surface area contributed by atoms with Crippen LogP contribution in [0.2, 0.25) is 0 Å². The number of nitrogens with two attached hydrogens (primary N) is 1. The van der Waals surface area contributed by atoms with E-state index in [1.807, 2.05) is 48.6 Å². The first-order valence-electron chi connectivity index (χ1n) is 20.2. The Morgan fingerprint density at radius 3 is 1.96 bits per heavy atom. The Labute approximate surface area is 322 Å². The van der Waals surface area contributed by atoms with Crippen LogP contribution in [-0.4, -0.2) is 54.5 Å². The first-order valence-corrected chi connectivity index (χ1v) is 21.7. The second-order valence-electron chi connectivity index (χ2n) is 13.0. The van der Waals surface area contributed by atoms with Crippen molar-refractivity contribution in [2.45, 2.75) is 154 Å². The van der Waals surface area contributed by atoms with Crippen LogP contribution < -0.4 is 5.73 Å². The zero-order valence-corrected chi connectivity index (χ0v) is 34.0. The highest BCUT2D eigenvalue weighted by Crippen LogP contribution is 2.43. The Bertz CT molecular complexity index is 1100. The monoisotopic (exact) mass is 764 g/mol. The fraction of sp³-hybridized carbons (Fsp3) is 0.651. The van der Waals surface area contributed by atoms with E-state index in [1.54, 1.807) is 12.3 Å². The summed E-state index contributed by atoms with van der Waals surface area (Å²) in [4.78, 5) is 22.4. The summed E-state index contributed by atoms with van der Waals surface area (Å²) in [6, 6.07) is 0. The number of phosphoric acid groups is 1. The number of unbranched alkanes of at least 4 members (excludes halogenated alkanes) is 12. The van der Waals surface area contributed by atoms with Crippen molar-refractivity contribution in [1.82, 2.24) is 0 Å². The normalized spacial score (nSPS) is 15.0. The minimum Gasteiger partial charge on any atom is -0.498 e. The van der Waals surface area contributed by atoms with Gasteiger partial charge in [0.2, 0.25) is 0 Å². The number of rotatable bonds is 37. The molecule has 0 aromatic carbocycles. The van der Waals surface area contributed by atoms with Gasteiger partial charge < -0.3 is 25.2 Å². The van der Waals surface area contributed by atoms with Gasteiger partial charge in [0.1, 0.15) is 6.61 Å². The van der Waals surface area contributed by atoms with E-state index in [0.717, 1.165) is 32.1 Å². The van der Waals surface area contributed by atoms with Crippen LogP contribution in [0, 0.1) is 0 Å². The Kier molecular flexibility index (Phi) is 37.3. The molecule has 0 radical (unpaired) electrons. The van der Waals surface area contributed by atoms with Crippen molar-refractivity contribution in [1.29, 1.82) is 0 Å². The first kappa shape index (κ1) is 50.5. The summed E-state index contributed by atoms with van der Waals surface area (Å²) in [5.74, 6) is -0.470. The molecule has 53 heavy (non-hydrogen) atoms. The summed E-state index contributed by atoms with van der Waals surface area (Å²) in [6.07, 6.45) is 47.2. The molecule has 10 heteroatoms. The molecule has 0 aromatic rings. The van der Waals surface area contributed by atoms with Crippen LogP contribution in [0.4, 0.5) is 0 Å². The highest BCUT2D eigenvalue weighted by molar-refractivity contribution is 7.47. The van der Waals surface area contributed by atoms with E-state index in [2.05, 4.69) is 38.2 Å². The fourth-order valence-corrected chi connectivity index (χ4v) is 5.78. The van der Waals surface area contributed by atoms with Crippen LogP contribution in [0.3, 0.4) is 0 Å². The molecule has 0 saturated heterocycles. The van der Waals surface area contributed by atoms with Crippen molar-refractivity contribution in [3.63, 3.8) is 0 Å². The number of carbonyl (C=O) groups is 1. The van der Waals surface area contributed by atoms with Gasteiger partial charge in [-0.1, -0.05) is 157 Å². The third-order valence-electron chi connectivity index (χ3n) is 7.98. The molecule has 0 aliphatic carbocycles. The van der Waals surface area contributed by atoms with Gasteiger partial charge >= 0.3 is 13.8 Å². The predicted octanol–water partition coefficient (Wildman–Crippen LogP) is 11.1. The largest absolute Gasteiger partial charge is 0.498 e. The Hall–Kier alpha value is -2.52. The van der Waals surface area contributed by atoms with E-state index in [9.17, 15) is 19.4 Å². The van der Waals surface area contributed by atoms with Gasteiger partial charge in [-0.25, -0.2) is 4.57 Å². The standard InChI is InChI=1S/C43H74NO8P/c1-3-5-7-9-11-13-15-16-17-18-20-24-28-32-37-49-39-42(40-51-53(47,48)50-38-36-44)52-43(46)35-31-27-23-22-26-30-34-41(45)33-29-25-21-19-14-12-10-8-6-4-2/h6,8,12,14,21,23,25-27,29-30,32-33,37,41-42,45H,3-5,7,9-11,13,15-20,22,24,28,31,34-36,38-40,44H2,1-2H3,(H,47,48)/b8-6-,14-12-,25-21-,27-23-,30-26-,33-29+,37-32-. The molecular weight excluding hydrogens is 689 g/mol. The fourth-order valence-electron chi connectivity index (χ4n) is 5.01. The average Bonchev–Trinajstić information content (AvgIpc) is 3.14. The molecule has 3 atom stereocenters. The van der Waals surface area contributed by atoms with Crippen molar-refractivity contribution in [3.05, 3.63) is 85.3 Å². The van der Waals surface area contributed by atoms with Crippen LogP contribution in [0.25, 0.3) is 0 Å². The van der Waals surface area contributed by atoms with E-state index in [-0.39, 0.29) is 32.8 Å². The Morgan fingerprint density at radius 1 is 0.698 bits per heavy atom. The number of ether oxygens (including phenoxy) is 2. The van der Waals surface area contributed by atoms with Crippen LogP contribution in [0.5, 0.6) is 0 Å². The number of carbonyl (C=O) groups excluding carboxylic acids is 1. The number of phosphoric ester groups is 1. The molecule has 0 spiro atoms. The lowest BCUT2D eigenvalue weighted by Crippen LogP contribution is -2.27. The van der Waals surface area contributed by atoms with Gasteiger partial charge in [0.25, 0.3) is 0 Å². The van der Waals surface area contributed by atoms with Gasteiger partial charge in [-0.15, -0.1) is 0 Å².